The number of ether oxygens (including phenoxy) is 1. The third-order valence-corrected chi connectivity index (χ3v) is 5.96. The lowest BCUT2D eigenvalue weighted by atomic mass is 10.2. The maximum atomic E-state index is 12.3. The number of hydrogen-bond acceptors (Lipinski definition) is 7. The lowest BCUT2D eigenvalue weighted by Gasteiger charge is -2.14. The SMILES string of the molecule is COc1ccc(NC(=O)c2nnc(CCCC(=O)NCCCN3CCCC3)s2)cc1. The molecule has 1 saturated heterocycles. The Kier molecular flexibility index (Phi) is 8.58. The van der Waals surface area contributed by atoms with Gasteiger partial charge in [0.05, 0.1) is 7.11 Å². The van der Waals surface area contributed by atoms with E-state index in [0.29, 0.717) is 30.0 Å². The molecular weight excluding hydrogens is 402 g/mol. The van der Waals surface area contributed by atoms with E-state index in [0.717, 1.165) is 30.3 Å². The first-order valence-corrected chi connectivity index (χ1v) is 11.2. The van der Waals surface area contributed by atoms with Gasteiger partial charge >= 0.3 is 0 Å². The van der Waals surface area contributed by atoms with Gasteiger partial charge in [-0.2, -0.15) is 0 Å². The number of likely N-dealkylation sites (tertiary alicyclic amines) is 1. The van der Waals surface area contributed by atoms with Crippen molar-refractivity contribution in [2.75, 3.05) is 38.6 Å². The number of hydrogen-bond donors (Lipinski definition) is 2. The topological polar surface area (TPSA) is 96.5 Å². The summed E-state index contributed by atoms with van der Waals surface area (Å²) in [5, 5.41) is 14.9. The van der Waals surface area contributed by atoms with Crippen molar-refractivity contribution in [2.24, 2.45) is 0 Å². The van der Waals surface area contributed by atoms with Crippen molar-refractivity contribution in [3.8, 4) is 5.75 Å². The van der Waals surface area contributed by atoms with Gasteiger partial charge in [-0.3, -0.25) is 9.59 Å². The van der Waals surface area contributed by atoms with Gasteiger partial charge < -0.3 is 20.3 Å². The molecule has 2 aromatic rings. The molecule has 0 radical (unpaired) electrons. The van der Waals surface area contributed by atoms with Gasteiger partial charge in [0.25, 0.3) is 5.91 Å². The lowest BCUT2D eigenvalue weighted by molar-refractivity contribution is -0.121. The fourth-order valence-corrected chi connectivity index (χ4v) is 4.11. The predicted octanol–water partition coefficient (Wildman–Crippen LogP) is 2.72. The maximum absolute atomic E-state index is 12.3. The van der Waals surface area contributed by atoms with Crippen molar-refractivity contribution in [1.82, 2.24) is 20.4 Å². The van der Waals surface area contributed by atoms with Gasteiger partial charge in [-0.05, 0) is 69.6 Å². The molecule has 8 nitrogen and oxygen atoms in total. The second kappa shape index (κ2) is 11.6. The Morgan fingerprint density at radius 1 is 1.13 bits per heavy atom. The summed E-state index contributed by atoms with van der Waals surface area (Å²) in [5.41, 5.74) is 0.666. The van der Waals surface area contributed by atoms with Gasteiger partial charge in [0, 0.05) is 25.1 Å². The second-order valence-electron chi connectivity index (χ2n) is 7.29. The Bertz CT molecular complexity index is 818. The van der Waals surface area contributed by atoms with Crippen LogP contribution in [0.1, 0.15) is 46.9 Å². The summed E-state index contributed by atoms with van der Waals surface area (Å²) in [6, 6.07) is 7.09. The van der Waals surface area contributed by atoms with Crippen LogP contribution in [0.4, 0.5) is 5.69 Å². The quantitative estimate of drug-likeness (QED) is 0.531. The molecule has 2 heterocycles. The Morgan fingerprint density at radius 2 is 1.90 bits per heavy atom. The lowest BCUT2D eigenvalue weighted by Crippen LogP contribution is -2.28. The number of rotatable bonds is 11. The third-order valence-electron chi connectivity index (χ3n) is 4.98. The molecule has 0 saturated carbocycles. The zero-order chi connectivity index (χ0) is 21.2. The first kappa shape index (κ1) is 22.2. The Labute approximate surface area is 181 Å². The molecule has 1 aliphatic heterocycles. The highest BCUT2D eigenvalue weighted by molar-refractivity contribution is 7.13. The summed E-state index contributed by atoms with van der Waals surface area (Å²) < 4.78 is 5.10. The molecule has 9 heteroatoms. The number of amides is 2. The second-order valence-corrected chi connectivity index (χ2v) is 8.35. The first-order chi connectivity index (χ1) is 14.6. The molecule has 1 fully saturated rings. The molecule has 162 valence electrons. The van der Waals surface area contributed by atoms with Crippen LogP contribution in [0.25, 0.3) is 0 Å². The highest BCUT2D eigenvalue weighted by Gasteiger charge is 2.14. The Hall–Kier alpha value is -2.52. The fraction of sp³-hybridized carbons (Fsp3) is 0.524. The minimum atomic E-state index is -0.292. The average molecular weight is 432 g/mol. The van der Waals surface area contributed by atoms with E-state index in [1.807, 2.05) is 0 Å². The molecule has 0 unspecified atom stereocenters. The zero-order valence-corrected chi connectivity index (χ0v) is 18.2. The molecular formula is C21H29N5O3S. The molecule has 3 rings (SSSR count). The number of anilines is 1. The van der Waals surface area contributed by atoms with E-state index in [1.165, 1.54) is 37.3 Å². The molecule has 0 atom stereocenters. The van der Waals surface area contributed by atoms with Crippen molar-refractivity contribution >= 4 is 28.8 Å². The van der Waals surface area contributed by atoms with Crippen molar-refractivity contribution in [3.05, 3.63) is 34.3 Å². The number of carbonyl (C=O) groups is 2. The van der Waals surface area contributed by atoms with Crippen molar-refractivity contribution < 1.29 is 14.3 Å². The van der Waals surface area contributed by atoms with Crippen LogP contribution < -0.4 is 15.4 Å². The van der Waals surface area contributed by atoms with Crippen LogP contribution in [0.5, 0.6) is 5.75 Å². The number of aryl methyl sites for hydroxylation is 1. The van der Waals surface area contributed by atoms with Crippen LogP contribution in [0, 0.1) is 0 Å². The molecule has 1 aromatic heterocycles. The molecule has 0 aliphatic carbocycles. The van der Waals surface area contributed by atoms with E-state index in [-0.39, 0.29) is 11.8 Å². The van der Waals surface area contributed by atoms with Crippen LogP contribution >= 0.6 is 11.3 Å². The van der Waals surface area contributed by atoms with E-state index in [1.54, 1.807) is 31.4 Å². The summed E-state index contributed by atoms with van der Waals surface area (Å²) >= 11 is 1.26. The van der Waals surface area contributed by atoms with E-state index in [9.17, 15) is 9.59 Å². The number of benzene rings is 1. The molecule has 0 spiro atoms. The zero-order valence-electron chi connectivity index (χ0n) is 17.4. The van der Waals surface area contributed by atoms with Crippen molar-refractivity contribution in [1.29, 1.82) is 0 Å². The van der Waals surface area contributed by atoms with Crippen molar-refractivity contribution in [3.63, 3.8) is 0 Å². The van der Waals surface area contributed by atoms with Crippen LogP contribution in [-0.2, 0) is 11.2 Å². The highest BCUT2D eigenvalue weighted by atomic mass is 32.1. The van der Waals surface area contributed by atoms with E-state index in [4.69, 9.17) is 4.74 Å². The molecule has 2 N–H and O–H groups in total. The van der Waals surface area contributed by atoms with Crippen LogP contribution in [0.15, 0.2) is 24.3 Å². The average Bonchev–Trinajstić information content (AvgIpc) is 3.44. The van der Waals surface area contributed by atoms with Crippen molar-refractivity contribution in [2.45, 2.75) is 38.5 Å². The molecule has 1 aromatic carbocycles. The minimum Gasteiger partial charge on any atom is -0.497 e. The monoisotopic (exact) mass is 431 g/mol. The summed E-state index contributed by atoms with van der Waals surface area (Å²) in [7, 11) is 1.59. The van der Waals surface area contributed by atoms with Crippen LogP contribution in [0.2, 0.25) is 0 Å². The summed E-state index contributed by atoms with van der Waals surface area (Å²) in [6.45, 7) is 4.17. The summed E-state index contributed by atoms with van der Waals surface area (Å²) in [4.78, 5) is 26.7. The molecule has 1 aliphatic rings. The third kappa shape index (κ3) is 7.07. The number of methoxy groups -OCH3 is 1. The van der Waals surface area contributed by atoms with Gasteiger partial charge in [0.15, 0.2) is 0 Å². The minimum absolute atomic E-state index is 0.0680. The normalized spacial score (nSPS) is 13.9. The largest absolute Gasteiger partial charge is 0.497 e. The van der Waals surface area contributed by atoms with E-state index < -0.39 is 0 Å². The molecule has 2 amide bonds. The smallest absolute Gasteiger partial charge is 0.286 e. The predicted molar refractivity (Wildman–Crippen MR) is 117 cm³/mol. The number of nitrogens with zero attached hydrogens (tertiary/aromatic N) is 3. The fourth-order valence-electron chi connectivity index (χ4n) is 3.33. The number of aromatic nitrogens is 2. The van der Waals surface area contributed by atoms with E-state index in [2.05, 4.69) is 25.7 Å². The number of carbonyl (C=O) groups excluding carboxylic acids is 2. The van der Waals surface area contributed by atoms with Crippen LogP contribution in [-0.4, -0.2) is 60.2 Å². The van der Waals surface area contributed by atoms with E-state index >= 15 is 0 Å². The summed E-state index contributed by atoms with van der Waals surface area (Å²) in [6.07, 6.45) is 5.36. The molecule has 30 heavy (non-hydrogen) atoms. The maximum Gasteiger partial charge on any atom is 0.286 e. The Balaban J connectivity index is 1.32. The Morgan fingerprint density at radius 3 is 2.63 bits per heavy atom. The van der Waals surface area contributed by atoms with Gasteiger partial charge in [-0.1, -0.05) is 11.3 Å². The van der Waals surface area contributed by atoms with Gasteiger partial charge in [0.1, 0.15) is 10.8 Å². The van der Waals surface area contributed by atoms with Crippen LogP contribution in [0.3, 0.4) is 0 Å². The summed E-state index contributed by atoms with van der Waals surface area (Å²) in [5.74, 6) is 0.500. The highest BCUT2D eigenvalue weighted by Crippen LogP contribution is 2.18. The van der Waals surface area contributed by atoms with Gasteiger partial charge in [-0.15, -0.1) is 10.2 Å². The van der Waals surface area contributed by atoms with Gasteiger partial charge in [0.2, 0.25) is 10.9 Å². The van der Waals surface area contributed by atoms with Gasteiger partial charge in [-0.25, -0.2) is 0 Å². The number of nitrogens with one attached hydrogen (secondary N) is 2. The standard InChI is InChI=1S/C21H29N5O3S/c1-29-17-10-8-16(9-11-17)23-20(28)21-25-24-19(30-21)7-4-6-18(27)22-12-5-15-26-13-2-3-14-26/h8-11H,2-7,12-15H2,1H3,(H,22,27)(H,23,28). The molecule has 0 bridgehead atoms. The first-order valence-electron chi connectivity index (χ1n) is 10.4.